The molecule has 0 N–H and O–H groups in total. The molecule has 2 aromatic carbocycles. The zero-order valence-corrected chi connectivity index (χ0v) is 18.0. The average molecular weight is 434 g/mol. The maximum atomic E-state index is 13.4. The van der Waals surface area contributed by atoms with Crippen LogP contribution in [0.5, 0.6) is 0 Å². The van der Waals surface area contributed by atoms with Crippen LogP contribution in [0.15, 0.2) is 54.6 Å². The first kappa shape index (κ1) is 21.6. The number of halogens is 2. The van der Waals surface area contributed by atoms with Gasteiger partial charge in [-0.1, -0.05) is 25.1 Å². The molecule has 154 valence electrons. The Balaban J connectivity index is 0.00000240. The maximum absolute atomic E-state index is 13.4. The molecular weight excluding hydrogens is 409 g/mol. The fourth-order valence-electron chi connectivity index (χ4n) is 3.53. The molecule has 5 nitrogen and oxygen atoms in total. The van der Waals surface area contributed by atoms with Gasteiger partial charge in [-0.05, 0) is 55.2 Å². The van der Waals surface area contributed by atoms with Crippen molar-refractivity contribution in [3.05, 3.63) is 65.2 Å². The molecule has 0 unspecified atom stereocenters. The van der Waals surface area contributed by atoms with Crippen LogP contribution >= 0.6 is 24.6 Å². The summed E-state index contributed by atoms with van der Waals surface area (Å²) in [6, 6.07) is 16.4. The number of aromatic nitrogens is 3. The van der Waals surface area contributed by atoms with Crippen molar-refractivity contribution in [3.63, 3.8) is 0 Å². The van der Waals surface area contributed by atoms with Crippen molar-refractivity contribution in [3.8, 4) is 17.1 Å². The van der Waals surface area contributed by atoms with Gasteiger partial charge in [0.05, 0.1) is 6.67 Å². The van der Waals surface area contributed by atoms with E-state index in [1.165, 1.54) is 12.1 Å². The lowest BCUT2D eigenvalue weighted by molar-refractivity contribution is 0.106. The molecule has 0 aliphatic carbocycles. The molecule has 29 heavy (non-hydrogen) atoms. The number of hydrogen-bond acceptors (Lipinski definition) is 4. The Hall–Kier alpha value is -2.06. The highest BCUT2D eigenvalue weighted by Crippen LogP contribution is 2.23. The molecule has 0 saturated carbocycles. The predicted octanol–water partition coefficient (Wildman–Crippen LogP) is 4.23. The summed E-state index contributed by atoms with van der Waals surface area (Å²) in [6.45, 7) is 8.07. The number of likely N-dealkylation sites (N-methyl/N-ethyl adjacent to an activating group) is 1. The highest BCUT2D eigenvalue weighted by Gasteiger charge is 2.19. The van der Waals surface area contributed by atoms with E-state index in [2.05, 4.69) is 16.7 Å². The van der Waals surface area contributed by atoms with Gasteiger partial charge in [-0.25, -0.2) is 9.07 Å². The Labute approximate surface area is 181 Å². The van der Waals surface area contributed by atoms with Crippen LogP contribution < -0.4 is 0 Å². The molecule has 1 fully saturated rings. The summed E-state index contributed by atoms with van der Waals surface area (Å²) < 4.78 is 17.9. The van der Waals surface area contributed by atoms with E-state index in [1.807, 2.05) is 39.6 Å². The van der Waals surface area contributed by atoms with Gasteiger partial charge >= 0.3 is 0 Å². The van der Waals surface area contributed by atoms with E-state index >= 15 is 0 Å². The summed E-state index contributed by atoms with van der Waals surface area (Å²) in [5.41, 5.74) is 1.79. The molecular formula is C21H25ClFN5S. The first-order valence-electron chi connectivity index (χ1n) is 9.61. The van der Waals surface area contributed by atoms with Crippen molar-refractivity contribution < 1.29 is 4.39 Å². The second kappa shape index (κ2) is 9.63. The number of hydrogen-bond donors (Lipinski definition) is 0. The van der Waals surface area contributed by atoms with Gasteiger partial charge in [0, 0.05) is 37.4 Å². The van der Waals surface area contributed by atoms with Crippen LogP contribution in [0.4, 0.5) is 4.39 Å². The Morgan fingerprint density at radius 3 is 2.17 bits per heavy atom. The second-order valence-electron chi connectivity index (χ2n) is 6.98. The number of para-hydroxylation sites is 1. The lowest BCUT2D eigenvalue weighted by Crippen LogP contribution is -2.46. The van der Waals surface area contributed by atoms with E-state index < -0.39 is 0 Å². The van der Waals surface area contributed by atoms with Gasteiger partial charge in [-0.15, -0.1) is 17.5 Å². The zero-order valence-electron chi connectivity index (χ0n) is 16.4. The second-order valence-corrected chi connectivity index (χ2v) is 7.34. The Bertz CT molecular complexity index is 979. The van der Waals surface area contributed by atoms with Gasteiger partial charge in [0.2, 0.25) is 4.77 Å². The van der Waals surface area contributed by atoms with E-state index in [-0.39, 0.29) is 18.2 Å². The minimum Gasteiger partial charge on any atom is -0.301 e. The molecule has 1 aliphatic rings. The molecule has 1 aromatic heterocycles. The van der Waals surface area contributed by atoms with Gasteiger partial charge < -0.3 is 4.90 Å². The SMILES string of the molecule is CCN1CCN(Cn2nc(-c3ccc(F)cc3)n(-c3ccccc3)c2=S)CC1.Cl. The molecule has 0 radical (unpaired) electrons. The van der Waals surface area contributed by atoms with Crippen molar-refractivity contribution in [2.75, 3.05) is 32.7 Å². The van der Waals surface area contributed by atoms with E-state index in [1.54, 1.807) is 12.1 Å². The predicted molar refractivity (Wildman–Crippen MR) is 119 cm³/mol. The number of piperazine rings is 1. The summed E-state index contributed by atoms with van der Waals surface area (Å²) >= 11 is 5.79. The third-order valence-corrected chi connectivity index (χ3v) is 5.60. The average Bonchev–Trinajstić information content (AvgIpc) is 3.06. The molecule has 0 bridgehead atoms. The lowest BCUT2D eigenvalue weighted by Gasteiger charge is -2.33. The lowest BCUT2D eigenvalue weighted by atomic mass is 10.2. The van der Waals surface area contributed by atoms with E-state index in [9.17, 15) is 4.39 Å². The number of nitrogens with zero attached hydrogens (tertiary/aromatic N) is 5. The van der Waals surface area contributed by atoms with Crippen LogP contribution in [0, 0.1) is 10.6 Å². The van der Waals surface area contributed by atoms with Crippen LogP contribution in [-0.4, -0.2) is 56.9 Å². The highest BCUT2D eigenvalue weighted by molar-refractivity contribution is 7.71. The van der Waals surface area contributed by atoms with Crippen molar-refractivity contribution >= 4 is 24.6 Å². The number of rotatable bonds is 5. The molecule has 0 amide bonds. The fourth-order valence-corrected chi connectivity index (χ4v) is 3.82. The first-order valence-corrected chi connectivity index (χ1v) is 10.0. The molecule has 0 atom stereocenters. The zero-order chi connectivity index (χ0) is 19.5. The summed E-state index contributed by atoms with van der Waals surface area (Å²) in [7, 11) is 0. The largest absolute Gasteiger partial charge is 0.301 e. The minimum absolute atomic E-state index is 0. The molecule has 1 aliphatic heterocycles. The molecule has 0 spiro atoms. The van der Waals surface area contributed by atoms with Gasteiger partial charge in [0.15, 0.2) is 5.82 Å². The third kappa shape index (κ3) is 4.75. The van der Waals surface area contributed by atoms with Gasteiger partial charge in [0.25, 0.3) is 0 Å². The smallest absolute Gasteiger partial charge is 0.204 e. The van der Waals surface area contributed by atoms with Gasteiger partial charge in [-0.3, -0.25) is 9.47 Å². The van der Waals surface area contributed by atoms with E-state index in [4.69, 9.17) is 17.3 Å². The summed E-state index contributed by atoms with van der Waals surface area (Å²) in [6.07, 6.45) is 0. The molecule has 4 rings (SSSR count). The quantitative estimate of drug-likeness (QED) is 0.563. The maximum Gasteiger partial charge on any atom is 0.204 e. The third-order valence-electron chi connectivity index (χ3n) is 5.20. The van der Waals surface area contributed by atoms with Crippen molar-refractivity contribution in [1.82, 2.24) is 24.1 Å². The van der Waals surface area contributed by atoms with Crippen LogP contribution in [-0.2, 0) is 6.67 Å². The van der Waals surface area contributed by atoms with Crippen LogP contribution in [0.25, 0.3) is 17.1 Å². The van der Waals surface area contributed by atoms with Crippen LogP contribution in [0.2, 0.25) is 0 Å². The standard InChI is InChI=1S/C21H24FN5S.ClH/c1-2-24-12-14-25(15-13-24)16-26-21(28)27(19-6-4-3-5-7-19)20(23-26)17-8-10-18(22)11-9-17;/h3-11H,2,12-16H2,1H3;1H. The highest BCUT2D eigenvalue weighted by atomic mass is 35.5. The Morgan fingerprint density at radius 2 is 1.55 bits per heavy atom. The van der Waals surface area contributed by atoms with E-state index in [0.29, 0.717) is 11.4 Å². The van der Waals surface area contributed by atoms with Gasteiger partial charge in [0.1, 0.15) is 5.82 Å². The van der Waals surface area contributed by atoms with Crippen LogP contribution in [0.3, 0.4) is 0 Å². The number of benzene rings is 2. The topological polar surface area (TPSA) is 29.2 Å². The monoisotopic (exact) mass is 433 g/mol. The summed E-state index contributed by atoms with van der Waals surface area (Å²) in [4.78, 5) is 4.82. The normalized spacial score (nSPS) is 15.2. The summed E-state index contributed by atoms with van der Waals surface area (Å²) in [5, 5.41) is 4.82. The van der Waals surface area contributed by atoms with Crippen LogP contribution in [0.1, 0.15) is 6.92 Å². The van der Waals surface area contributed by atoms with Crippen molar-refractivity contribution in [1.29, 1.82) is 0 Å². The molecule has 2 heterocycles. The summed E-state index contributed by atoms with van der Waals surface area (Å²) in [5.74, 6) is 0.463. The molecule has 1 saturated heterocycles. The Kier molecular flexibility index (Phi) is 7.18. The van der Waals surface area contributed by atoms with Gasteiger partial charge in [-0.2, -0.15) is 0 Å². The first-order chi connectivity index (χ1) is 13.7. The molecule has 8 heteroatoms. The fraction of sp³-hybridized carbons (Fsp3) is 0.333. The van der Waals surface area contributed by atoms with E-state index in [0.717, 1.165) is 49.8 Å². The molecule has 3 aromatic rings. The van der Waals surface area contributed by atoms with Crippen molar-refractivity contribution in [2.24, 2.45) is 0 Å². The minimum atomic E-state index is -0.262. The Morgan fingerprint density at radius 1 is 0.931 bits per heavy atom. The van der Waals surface area contributed by atoms with Crippen molar-refractivity contribution in [2.45, 2.75) is 13.6 Å².